The van der Waals surface area contributed by atoms with E-state index in [1.807, 2.05) is 6.07 Å². The molecule has 0 unspecified atom stereocenters. The molecule has 1 aromatic rings. The molecule has 0 bridgehead atoms. The molecule has 2 atom stereocenters. The second kappa shape index (κ2) is 7.42. The summed E-state index contributed by atoms with van der Waals surface area (Å²) in [6, 6.07) is 8.00. The Labute approximate surface area is 133 Å². The first-order chi connectivity index (χ1) is 10.5. The van der Waals surface area contributed by atoms with Crippen LogP contribution in [0.2, 0.25) is 0 Å². The Morgan fingerprint density at radius 1 is 1.41 bits per heavy atom. The lowest BCUT2D eigenvalue weighted by atomic mass is 10.3. The van der Waals surface area contributed by atoms with Crippen molar-refractivity contribution in [3.8, 4) is 0 Å². The van der Waals surface area contributed by atoms with Gasteiger partial charge in [0, 0.05) is 12.2 Å². The van der Waals surface area contributed by atoms with Crippen molar-refractivity contribution in [3.63, 3.8) is 0 Å². The summed E-state index contributed by atoms with van der Waals surface area (Å²) in [5, 5.41) is -0.506. The molecule has 0 saturated carbocycles. The lowest BCUT2D eigenvalue weighted by Crippen LogP contribution is -2.36. The molecule has 1 aliphatic heterocycles. The smallest absolute Gasteiger partial charge is 0.323 e. The van der Waals surface area contributed by atoms with Gasteiger partial charge in [0.2, 0.25) is 11.8 Å². The van der Waals surface area contributed by atoms with E-state index in [0.717, 1.165) is 0 Å². The molecule has 1 aromatic carbocycles. The van der Waals surface area contributed by atoms with Crippen LogP contribution < -0.4 is 10.6 Å². The van der Waals surface area contributed by atoms with Gasteiger partial charge in [0.1, 0.15) is 6.04 Å². The maximum Gasteiger partial charge on any atom is 0.323 e. The molecule has 1 aliphatic rings. The van der Waals surface area contributed by atoms with Gasteiger partial charge >= 0.3 is 5.97 Å². The molecule has 2 rings (SSSR count). The van der Waals surface area contributed by atoms with Crippen LogP contribution in [0.1, 0.15) is 13.3 Å². The molecular formula is C15H18N2O4S. The van der Waals surface area contributed by atoms with E-state index in [0.29, 0.717) is 5.69 Å². The fourth-order valence-corrected chi connectivity index (χ4v) is 3.20. The minimum absolute atomic E-state index is 0.119. The lowest BCUT2D eigenvalue weighted by molar-refractivity contribution is -0.144. The zero-order valence-electron chi connectivity index (χ0n) is 12.2. The number of imide groups is 1. The maximum atomic E-state index is 12.4. The van der Waals surface area contributed by atoms with Crippen LogP contribution in [0.15, 0.2) is 30.3 Å². The van der Waals surface area contributed by atoms with Gasteiger partial charge in [-0.15, -0.1) is 11.8 Å². The van der Waals surface area contributed by atoms with E-state index < -0.39 is 17.3 Å². The number of anilines is 1. The number of nitrogens with zero attached hydrogens (tertiary/aromatic N) is 1. The monoisotopic (exact) mass is 322 g/mol. The summed E-state index contributed by atoms with van der Waals surface area (Å²) < 4.78 is 4.82. The van der Waals surface area contributed by atoms with Gasteiger partial charge in [-0.2, -0.15) is 0 Å². The Balaban J connectivity index is 1.96. The maximum absolute atomic E-state index is 12.4. The van der Waals surface area contributed by atoms with Crippen molar-refractivity contribution in [2.45, 2.75) is 24.6 Å². The zero-order chi connectivity index (χ0) is 16.1. The molecule has 0 aliphatic carbocycles. The predicted octanol–water partition coefficient (Wildman–Crippen LogP) is 0.942. The average molecular weight is 322 g/mol. The Kier molecular flexibility index (Phi) is 5.57. The van der Waals surface area contributed by atoms with Crippen molar-refractivity contribution in [1.82, 2.24) is 0 Å². The first-order valence-corrected chi connectivity index (χ1v) is 8.05. The van der Waals surface area contributed by atoms with Crippen LogP contribution in [0.3, 0.4) is 0 Å². The number of para-hydroxylation sites is 1. The van der Waals surface area contributed by atoms with Gasteiger partial charge in [0.15, 0.2) is 0 Å². The number of nitrogens with two attached hydrogens (primary N) is 1. The van der Waals surface area contributed by atoms with Gasteiger partial charge in [0.25, 0.3) is 0 Å². The first-order valence-electron chi connectivity index (χ1n) is 7.00. The Bertz CT molecular complexity index is 564. The molecule has 118 valence electrons. The lowest BCUT2D eigenvalue weighted by Gasteiger charge is -2.15. The second-order valence-electron chi connectivity index (χ2n) is 4.79. The standard InChI is InChI=1S/C15H18N2O4S/c1-2-21-15(20)11(16)9-22-12-8-13(18)17(14(12)19)10-6-4-3-5-7-10/h3-7,11-12H,2,8-9,16H2,1H3/t11-,12+/m0/s1. The van der Waals surface area contributed by atoms with Gasteiger partial charge < -0.3 is 10.5 Å². The van der Waals surface area contributed by atoms with E-state index in [2.05, 4.69) is 0 Å². The number of hydrogen-bond acceptors (Lipinski definition) is 6. The average Bonchev–Trinajstić information content (AvgIpc) is 2.80. The first kappa shape index (κ1) is 16.5. The molecule has 0 spiro atoms. The van der Waals surface area contributed by atoms with E-state index in [-0.39, 0.29) is 30.6 Å². The predicted molar refractivity (Wildman–Crippen MR) is 84.4 cm³/mol. The van der Waals surface area contributed by atoms with Gasteiger partial charge in [0.05, 0.1) is 17.5 Å². The number of rotatable bonds is 6. The molecule has 1 heterocycles. The third kappa shape index (κ3) is 3.66. The number of benzene rings is 1. The van der Waals surface area contributed by atoms with Crippen molar-refractivity contribution in [2.75, 3.05) is 17.3 Å². The van der Waals surface area contributed by atoms with Crippen LogP contribution in [-0.2, 0) is 19.1 Å². The van der Waals surface area contributed by atoms with Crippen LogP contribution in [0.25, 0.3) is 0 Å². The van der Waals surface area contributed by atoms with Crippen molar-refractivity contribution in [2.24, 2.45) is 5.73 Å². The molecule has 22 heavy (non-hydrogen) atoms. The highest BCUT2D eigenvalue weighted by molar-refractivity contribution is 8.00. The molecular weight excluding hydrogens is 304 g/mol. The molecule has 6 nitrogen and oxygen atoms in total. The normalized spacial score (nSPS) is 19.4. The van der Waals surface area contributed by atoms with Gasteiger partial charge in [-0.3, -0.25) is 14.4 Å². The molecule has 1 saturated heterocycles. The highest BCUT2D eigenvalue weighted by Gasteiger charge is 2.40. The summed E-state index contributed by atoms with van der Waals surface area (Å²) in [4.78, 5) is 37.0. The quantitative estimate of drug-likeness (QED) is 0.619. The van der Waals surface area contributed by atoms with Crippen molar-refractivity contribution in [1.29, 1.82) is 0 Å². The van der Waals surface area contributed by atoms with Gasteiger partial charge in [-0.1, -0.05) is 18.2 Å². The Morgan fingerprint density at radius 3 is 2.73 bits per heavy atom. The van der Waals surface area contributed by atoms with Crippen molar-refractivity contribution >= 4 is 35.2 Å². The van der Waals surface area contributed by atoms with E-state index in [1.165, 1.54) is 16.7 Å². The second-order valence-corrected chi connectivity index (χ2v) is 6.02. The summed E-state index contributed by atoms with van der Waals surface area (Å²) in [6.07, 6.45) is 0.119. The number of carbonyl (C=O) groups excluding carboxylic acids is 3. The molecule has 2 N–H and O–H groups in total. The fraction of sp³-hybridized carbons (Fsp3) is 0.400. The van der Waals surface area contributed by atoms with E-state index in [1.54, 1.807) is 31.2 Å². The zero-order valence-corrected chi connectivity index (χ0v) is 13.0. The van der Waals surface area contributed by atoms with Gasteiger partial charge in [-0.05, 0) is 19.1 Å². The topological polar surface area (TPSA) is 89.7 Å². The molecule has 2 amide bonds. The number of thioether (sulfide) groups is 1. The summed E-state index contributed by atoms with van der Waals surface area (Å²) in [6.45, 7) is 1.97. The highest BCUT2D eigenvalue weighted by Crippen LogP contribution is 2.29. The van der Waals surface area contributed by atoms with Crippen LogP contribution in [-0.4, -0.2) is 41.4 Å². The summed E-state index contributed by atoms with van der Waals surface area (Å²) in [7, 11) is 0. The van der Waals surface area contributed by atoms with Crippen LogP contribution in [0.4, 0.5) is 5.69 Å². The molecule has 0 radical (unpaired) electrons. The summed E-state index contributed by atoms with van der Waals surface area (Å²) >= 11 is 1.22. The Hall–Kier alpha value is -1.86. The van der Waals surface area contributed by atoms with Crippen LogP contribution in [0.5, 0.6) is 0 Å². The minimum atomic E-state index is -0.793. The van der Waals surface area contributed by atoms with E-state index in [9.17, 15) is 14.4 Å². The minimum Gasteiger partial charge on any atom is -0.465 e. The van der Waals surface area contributed by atoms with Crippen LogP contribution in [0, 0.1) is 0 Å². The Morgan fingerprint density at radius 2 is 2.09 bits per heavy atom. The molecule has 7 heteroatoms. The molecule has 0 aromatic heterocycles. The third-order valence-electron chi connectivity index (χ3n) is 3.19. The number of hydrogen-bond donors (Lipinski definition) is 1. The summed E-state index contributed by atoms with van der Waals surface area (Å²) in [5.41, 5.74) is 6.27. The van der Waals surface area contributed by atoms with Crippen LogP contribution >= 0.6 is 11.8 Å². The number of carbonyl (C=O) groups is 3. The van der Waals surface area contributed by atoms with Crippen molar-refractivity contribution < 1.29 is 19.1 Å². The summed E-state index contributed by atoms with van der Waals surface area (Å²) in [5.74, 6) is -0.757. The number of amides is 2. The fourth-order valence-electron chi connectivity index (χ4n) is 2.12. The largest absolute Gasteiger partial charge is 0.465 e. The van der Waals surface area contributed by atoms with Crippen molar-refractivity contribution in [3.05, 3.63) is 30.3 Å². The van der Waals surface area contributed by atoms with Gasteiger partial charge in [-0.25, -0.2) is 4.90 Å². The van der Waals surface area contributed by atoms with E-state index >= 15 is 0 Å². The molecule has 1 fully saturated rings. The number of esters is 1. The van der Waals surface area contributed by atoms with E-state index in [4.69, 9.17) is 10.5 Å². The highest BCUT2D eigenvalue weighted by atomic mass is 32.2. The number of ether oxygens (including phenoxy) is 1. The SMILES string of the molecule is CCOC(=O)[C@@H](N)CS[C@@H]1CC(=O)N(c2ccccc2)C1=O. The third-order valence-corrected chi connectivity index (χ3v) is 4.51.